The third-order valence-electron chi connectivity index (χ3n) is 7.55. The average Bonchev–Trinajstić information content (AvgIpc) is 3.40. The first-order chi connectivity index (χ1) is 17.8. The predicted molar refractivity (Wildman–Crippen MR) is 143 cm³/mol. The smallest absolute Gasteiger partial charge is 0.101 e. The van der Waals surface area contributed by atoms with Crippen LogP contribution in [0, 0.1) is 12.8 Å². The van der Waals surface area contributed by atoms with E-state index in [1.54, 1.807) is 18.5 Å². The van der Waals surface area contributed by atoms with Gasteiger partial charge >= 0.3 is 0 Å². The van der Waals surface area contributed by atoms with E-state index in [9.17, 15) is 5.11 Å². The quantitative estimate of drug-likeness (QED) is 0.371. The molecule has 0 amide bonds. The zero-order valence-corrected chi connectivity index (χ0v) is 21.7. The Morgan fingerprint density at radius 1 is 1.03 bits per heavy atom. The van der Waals surface area contributed by atoms with Crippen molar-refractivity contribution >= 4 is 21.9 Å². The van der Waals surface area contributed by atoms with Gasteiger partial charge in [0.2, 0.25) is 0 Å². The first-order valence-corrected chi connectivity index (χ1v) is 12.8. The predicted octanol–water partition coefficient (Wildman–Crippen LogP) is 4.93. The van der Waals surface area contributed by atoms with Crippen molar-refractivity contribution in [2.45, 2.75) is 45.3 Å². The maximum absolute atomic E-state index is 10.8. The number of hydrogen-bond acceptors (Lipinski definition) is 6. The highest BCUT2D eigenvalue weighted by Gasteiger charge is 2.31. The lowest BCUT2D eigenvalue weighted by molar-refractivity contribution is 0.0552. The van der Waals surface area contributed by atoms with Crippen LogP contribution in [0.25, 0.3) is 33.2 Å². The van der Waals surface area contributed by atoms with Gasteiger partial charge in [-0.2, -0.15) is 0 Å². The summed E-state index contributed by atoms with van der Waals surface area (Å²) in [5.41, 5.74) is 6.55. The van der Waals surface area contributed by atoms with Gasteiger partial charge in [0.05, 0.1) is 39.7 Å². The largest absolute Gasteiger partial charge is 0.384 e. The molecule has 1 fully saturated rings. The minimum absolute atomic E-state index is 0.0740. The fourth-order valence-corrected chi connectivity index (χ4v) is 5.73. The van der Waals surface area contributed by atoms with Crippen LogP contribution in [0.1, 0.15) is 49.7 Å². The first-order valence-electron chi connectivity index (χ1n) is 12.8. The van der Waals surface area contributed by atoms with E-state index in [2.05, 4.69) is 56.3 Å². The van der Waals surface area contributed by atoms with E-state index >= 15 is 0 Å². The van der Waals surface area contributed by atoms with Gasteiger partial charge < -0.3 is 14.4 Å². The van der Waals surface area contributed by atoms with Gasteiger partial charge in [0.15, 0.2) is 0 Å². The van der Waals surface area contributed by atoms with Crippen molar-refractivity contribution in [1.29, 1.82) is 0 Å². The normalized spacial score (nSPS) is 16.0. The summed E-state index contributed by atoms with van der Waals surface area (Å²) in [6.07, 6.45) is 5.70. The SMILES string of the molecule is Cc1nnn(C)c1-c1cnc2c3cnc(C(C)(C)O)cc3n(C(c3ccccc3)C3CCOCC3)c2c1. The van der Waals surface area contributed by atoms with Crippen LogP contribution in [0.15, 0.2) is 54.9 Å². The second-order valence-electron chi connectivity index (χ2n) is 10.6. The van der Waals surface area contributed by atoms with Crippen molar-refractivity contribution in [3.63, 3.8) is 0 Å². The Kier molecular flexibility index (Phi) is 5.81. The number of ether oxygens (including phenoxy) is 1. The van der Waals surface area contributed by atoms with E-state index in [1.807, 2.05) is 32.4 Å². The number of fused-ring (bicyclic) bond motifs is 3. The molecular weight excluding hydrogens is 464 g/mol. The van der Waals surface area contributed by atoms with Crippen LogP contribution in [-0.4, -0.2) is 47.8 Å². The molecule has 6 rings (SSSR count). The topological polar surface area (TPSA) is 90.9 Å². The highest BCUT2D eigenvalue weighted by Crippen LogP contribution is 2.41. The van der Waals surface area contributed by atoms with Crippen molar-refractivity contribution in [1.82, 2.24) is 29.5 Å². The first kappa shape index (κ1) is 23.8. The summed E-state index contributed by atoms with van der Waals surface area (Å²) in [6, 6.07) is 15.0. The highest BCUT2D eigenvalue weighted by atomic mass is 16.5. The Bertz CT molecular complexity index is 1560. The van der Waals surface area contributed by atoms with Crippen molar-refractivity contribution in [2.75, 3.05) is 13.2 Å². The maximum atomic E-state index is 10.8. The minimum atomic E-state index is -1.06. The maximum Gasteiger partial charge on any atom is 0.101 e. The molecule has 8 nitrogen and oxygen atoms in total. The van der Waals surface area contributed by atoms with Crippen molar-refractivity contribution < 1.29 is 9.84 Å². The molecule has 5 heterocycles. The van der Waals surface area contributed by atoms with Crippen LogP contribution < -0.4 is 0 Å². The van der Waals surface area contributed by atoms with Gasteiger partial charge in [-0.05, 0) is 57.2 Å². The van der Waals surface area contributed by atoms with Crippen molar-refractivity contribution in [3.05, 3.63) is 71.8 Å². The fraction of sp³-hybridized carbons (Fsp3) is 0.379. The molecule has 0 radical (unpaired) electrons. The van der Waals surface area contributed by atoms with Crippen molar-refractivity contribution in [2.24, 2.45) is 13.0 Å². The van der Waals surface area contributed by atoms with Gasteiger partial charge in [0.1, 0.15) is 5.60 Å². The molecular formula is C29H32N6O2. The van der Waals surface area contributed by atoms with E-state index in [1.165, 1.54) is 5.56 Å². The van der Waals surface area contributed by atoms with Crippen LogP contribution in [0.4, 0.5) is 0 Å². The number of aliphatic hydroxyl groups is 1. The molecule has 8 heteroatoms. The number of pyridine rings is 2. The summed E-state index contributed by atoms with van der Waals surface area (Å²) in [6.45, 7) is 7.03. The minimum Gasteiger partial charge on any atom is -0.384 e. The lowest BCUT2D eigenvalue weighted by atomic mass is 9.86. The van der Waals surface area contributed by atoms with Gasteiger partial charge in [-0.1, -0.05) is 35.5 Å². The lowest BCUT2D eigenvalue weighted by Crippen LogP contribution is -2.27. The van der Waals surface area contributed by atoms with E-state index in [0.717, 1.165) is 64.9 Å². The second-order valence-corrected chi connectivity index (χ2v) is 10.6. The standard InChI is InChI=1S/C29H32N6O2/c1-18-27(34(4)33-32-18)21-14-24-26(31-16-21)22-17-30-25(29(2,3)36)15-23(22)35(24)28(19-8-6-5-7-9-19)20-10-12-37-13-11-20/h5-9,14-17,20,28,36H,10-13H2,1-4H3. The fourth-order valence-electron chi connectivity index (χ4n) is 5.73. The summed E-state index contributed by atoms with van der Waals surface area (Å²) in [5, 5.41) is 20.3. The molecule has 1 unspecified atom stereocenters. The molecule has 37 heavy (non-hydrogen) atoms. The van der Waals surface area contributed by atoms with E-state index in [-0.39, 0.29) is 6.04 Å². The number of rotatable bonds is 5. The molecule has 1 N–H and O–H groups in total. The van der Waals surface area contributed by atoms with Gasteiger partial charge in [-0.15, -0.1) is 5.10 Å². The molecule has 1 aliphatic heterocycles. The number of benzene rings is 1. The molecule has 1 aromatic carbocycles. The van der Waals surface area contributed by atoms with E-state index < -0.39 is 5.60 Å². The van der Waals surface area contributed by atoms with Gasteiger partial charge in [-0.3, -0.25) is 9.97 Å². The van der Waals surface area contributed by atoms with Crippen LogP contribution in [-0.2, 0) is 17.4 Å². The summed E-state index contributed by atoms with van der Waals surface area (Å²) in [4.78, 5) is 9.60. The van der Waals surface area contributed by atoms with Gasteiger partial charge in [0, 0.05) is 43.6 Å². The molecule has 1 aliphatic rings. The summed E-state index contributed by atoms with van der Waals surface area (Å²) < 4.78 is 9.97. The molecule has 0 aliphatic carbocycles. The van der Waals surface area contributed by atoms with Crippen LogP contribution in [0.5, 0.6) is 0 Å². The van der Waals surface area contributed by atoms with Crippen molar-refractivity contribution in [3.8, 4) is 11.3 Å². The Balaban J connectivity index is 1.69. The third kappa shape index (κ3) is 4.10. The average molecular weight is 497 g/mol. The number of aromatic nitrogens is 6. The number of hydrogen-bond donors (Lipinski definition) is 1. The molecule has 0 bridgehead atoms. The van der Waals surface area contributed by atoms with Crippen LogP contribution >= 0.6 is 0 Å². The molecule has 1 atom stereocenters. The zero-order valence-electron chi connectivity index (χ0n) is 21.7. The Morgan fingerprint density at radius 2 is 1.78 bits per heavy atom. The molecule has 190 valence electrons. The Labute approximate surface area is 215 Å². The molecule has 1 saturated heterocycles. The highest BCUT2D eigenvalue weighted by molar-refractivity contribution is 6.06. The monoisotopic (exact) mass is 496 g/mol. The lowest BCUT2D eigenvalue weighted by Gasteiger charge is -2.33. The summed E-state index contributed by atoms with van der Waals surface area (Å²) >= 11 is 0. The molecule has 5 aromatic rings. The number of aryl methyl sites for hydroxylation is 2. The van der Waals surface area contributed by atoms with Crippen LogP contribution in [0.2, 0.25) is 0 Å². The summed E-state index contributed by atoms with van der Waals surface area (Å²) in [5.74, 6) is 0.387. The Hall–Kier alpha value is -3.62. The third-order valence-corrected chi connectivity index (χ3v) is 7.55. The van der Waals surface area contributed by atoms with E-state index in [4.69, 9.17) is 9.72 Å². The van der Waals surface area contributed by atoms with Gasteiger partial charge in [0.25, 0.3) is 0 Å². The molecule has 0 spiro atoms. The second kappa shape index (κ2) is 9.04. The van der Waals surface area contributed by atoms with Gasteiger partial charge in [-0.25, -0.2) is 4.68 Å². The Morgan fingerprint density at radius 3 is 2.46 bits per heavy atom. The van der Waals surface area contributed by atoms with Crippen LogP contribution in [0.3, 0.4) is 0 Å². The number of nitrogens with zero attached hydrogens (tertiary/aromatic N) is 6. The zero-order chi connectivity index (χ0) is 25.7. The molecule has 4 aromatic heterocycles. The molecule has 0 saturated carbocycles. The van der Waals surface area contributed by atoms with E-state index in [0.29, 0.717) is 11.6 Å². The summed E-state index contributed by atoms with van der Waals surface area (Å²) in [7, 11) is 1.91.